The van der Waals surface area contributed by atoms with Crippen LogP contribution >= 0.6 is 22.7 Å². The van der Waals surface area contributed by atoms with Crippen LogP contribution in [0.5, 0.6) is 0 Å². The summed E-state index contributed by atoms with van der Waals surface area (Å²) in [5.41, 5.74) is 9.62. The van der Waals surface area contributed by atoms with Gasteiger partial charge in [0, 0.05) is 27.6 Å². The molecule has 0 saturated carbocycles. The van der Waals surface area contributed by atoms with Crippen molar-refractivity contribution in [3.8, 4) is 10.6 Å². The van der Waals surface area contributed by atoms with Crippen molar-refractivity contribution in [2.24, 2.45) is 5.41 Å². The molecule has 1 atom stereocenters. The van der Waals surface area contributed by atoms with Crippen LogP contribution in [0.3, 0.4) is 0 Å². The van der Waals surface area contributed by atoms with E-state index in [1.165, 1.54) is 28.0 Å². The molecule has 39 heavy (non-hydrogen) atoms. The molecule has 6 heteroatoms. The average molecular weight is 543 g/mol. The molecule has 3 aromatic heterocycles. The fraction of sp³-hybridized carbons (Fsp3) is 0.182. The second kappa shape index (κ2) is 8.31. The average Bonchev–Trinajstić information content (AvgIpc) is 3.49. The lowest BCUT2D eigenvalue weighted by Gasteiger charge is -2.36. The van der Waals surface area contributed by atoms with Crippen molar-refractivity contribution in [1.29, 1.82) is 0 Å². The zero-order valence-electron chi connectivity index (χ0n) is 21.9. The second-order valence-electron chi connectivity index (χ2n) is 11.3. The third-order valence-electron chi connectivity index (χ3n) is 7.82. The number of dihydropyridines is 1. The molecule has 0 radical (unpaired) electrons. The predicted molar refractivity (Wildman–Crippen MR) is 165 cm³/mol. The maximum atomic E-state index is 5.25. The predicted octanol–water partition coefficient (Wildman–Crippen LogP) is 8.52. The minimum absolute atomic E-state index is 0.106. The number of hydrogen-bond donors (Lipinski definition) is 1. The Morgan fingerprint density at radius 3 is 2.56 bits per heavy atom. The number of hydrogen-bond acceptors (Lipinski definition) is 6. The topological polar surface area (TPSA) is 50.7 Å². The van der Waals surface area contributed by atoms with E-state index in [4.69, 9.17) is 15.0 Å². The number of aromatic nitrogens is 3. The third-order valence-corrected chi connectivity index (χ3v) is 9.89. The molecule has 1 unspecified atom stereocenters. The van der Waals surface area contributed by atoms with Gasteiger partial charge in [0.05, 0.1) is 17.1 Å². The van der Waals surface area contributed by atoms with E-state index in [1.807, 2.05) is 6.07 Å². The lowest BCUT2D eigenvalue weighted by atomic mass is 9.75. The number of rotatable bonds is 2. The number of para-hydroxylation sites is 1. The van der Waals surface area contributed by atoms with Gasteiger partial charge in [-0.2, -0.15) is 0 Å². The van der Waals surface area contributed by atoms with Crippen molar-refractivity contribution in [3.63, 3.8) is 0 Å². The maximum absolute atomic E-state index is 5.25. The highest BCUT2D eigenvalue weighted by molar-refractivity contribution is 7.28. The van der Waals surface area contributed by atoms with E-state index in [9.17, 15) is 0 Å². The van der Waals surface area contributed by atoms with Crippen molar-refractivity contribution < 1.29 is 0 Å². The summed E-state index contributed by atoms with van der Waals surface area (Å²) in [5.74, 6) is 0. The van der Waals surface area contributed by atoms with Gasteiger partial charge in [0.15, 0.2) is 9.66 Å². The van der Waals surface area contributed by atoms with Crippen LogP contribution in [-0.4, -0.2) is 21.0 Å². The molecule has 0 bridgehead atoms. The highest BCUT2D eigenvalue weighted by atomic mass is 32.1. The van der Waals surface area contributed by atoms with Crippen molar-refractivity contribution >= 4 is 59.7 Å². The summed E-state index contributed by atoms with van der Waals surface area (Å²) in [5, 5.41) is 8.10. The van der Waals surface area contributed by atoms with Gasteiger partial charge in [-0.1, -0.05) is 96.7 Å². The van der Waals surface area contributed by atoms with E-state index in [1.54, 1.807) is 22.7 Å². The largest absolute Gasteiger partial charge is 0.374 e. The van der Waals surface area contributed by atoms with Crippen molar-refractivity contribution in [2.75, 3.05) is 0 Å². The van der Waals surface area contributed by atoms with E-state index >= 15 is 0 Å². The van der Waals surface area contributed by atoms with E-state index in [2.05, 4.69) is 98.9 Å². The van der Waals surface area contributed by atoms with Crippen LogP contribution in [0.15, 0.2) is 95.8 Å². The number of nitrogens with zero attached hydrogens (tertiary/aromatic N) is 3. The van der Waals surface area contributed by atoms with Gasteiger partial charge in [0.2, 0.25) is 0 Å². The molecule has 4 nitrogen and oxygen atoms in total. The van der Waals surface area contributed by atoms with Crippen LogP contribution in [0.25, 0.3) is 47.6 Å². The fourth-order valence-corrected chi connectivity index (χ4v) is 8.18. The Hall–Kier alpha value is -3.87. The Kier molecular flexibility index (Phi) is 4.91. The quantitative estimate of drug-likeness (QED) is 0.227. The third kappa shape index (κ3) is 3.66. The summed E-state index contributed by atoms with van der Waals surface area (Å²) < 4.78 is 0. The number of pyridine rings is 1. The molecular weight excluding hydrogens is 517 g/mol. The van der Waals surface area contributed by atoms with Gasteiger partial charge in [0.25, 0.3) is 0 Å². The molecule has 5 aromatic rings. The standard InChI is InChI=1S/C33H26N4S2/c1-18-12-13-25-21(16-18)27(19-8-4-6-10-23(19)34-25)29-36-31-32(38-29)37-30(39-31)28-20-9-5-7-11-24(20)35-26-14-15-33(2,3)17-22(26)28/h4-16,24,35H,17H2,1-3H3. The summed E-state index contributed by atoms with van der Waals surface area (Å²) in [6.45, 7) is 6.74. The van der Waals surface area contributed by atoms with Gasteiger partial charge >= 0.3 is 0 Å². The molecular formula is C33H26N4S2. The second-order valence-corrected chi connectivity index (χ2v) is 13.2. The number of thiazole rings is 2. The zero-order chi connectivity index (χ0) is 26.3. The van der Waals surface area contributed by atoms with Crippen molar-refractivity contribution in [3.05, 3.63) is 106 Å². The number of benzene rings is 2. The molecule has 0 saturated heterocycles. The Bertz CT molecular complexity index is 1980. The first-order valence-electron chi connectivity index (χ1n) is 13.3. The van der Waals surface area contributed by atoms with E-state index in [-0.39, 0.29) is 11.5 Å². The number of allylic oxidation sites excluding steroid dienone is 6. The van der Waals surface area contributed by atoms with Crippen LogP contribution in [0, 0.1) is 12.3 Å². The Labute approximate surface area is 234 Å². The first kappa shape index (κ1) is 23.1. The lowest BCUT2D eigenvalue weighted by Crippen LogP contribution is -2.35. The van der Waals surface area contributed by atoms with Gasteiger partial charge in [-0.05, 0) is 54.2 Å². The van der Waals surface area contributed by atoms with Crippen LogP contribution in [0.4, 0.5) is 0 Å². The monoisotopic (exact) mass is 542 g/mol. The molecule has 1 aliphatic heterocycles. The highest BCUT2D eigenvalue weighted by Crippen LogP contribution is 2.47. The molecule has 190 valence electrons. The van der Waals surface area contributed by atoms with Gasteiger partial charge < -0.3 is 5.32 Å². The van der Waals surface area contributed by atoms with Crippen molar-refractivity contribution in [2.45, 2.75) is 33.2 Å². The summed E-state index contributed by atoms with van der Waals surface area (Å²) in [4.78, 5) is 17.4. The van der Waals surface area contributed by atoms with Gasteiger partial charge in [-0.3, -0.25) is 0 Å². The van der Waals surface area contributed by atoms with Gasteiger partial charge in [0.1, 0.15) is 10.0 Å². The van der Waals surface area contributed by atoms with E-state index in [0.29, 0.717) is 0 Å². The maximum Gasteiger partial charge on any atom is 0.155 e. The van der Waals surface area contributed by atoms with Crippen molar-refractivity contribution in [1.82, 2.24) is 20.3 Å². The molecule has 2 aliphatic carbocycles. The number of fused-ring (bicyclic) bond motifs is 4. The van der Waals surface area contributed by atoms with Gasteiger partial charge in [-0.15, -0.1) is 0 Å². The van der Waals surface area contributed by atoms with Crippen LogP contribution in [-0.2, 0) is 0 Å². The molecule has 4 heterocycles. The summed E-state index contributed by atoms with van der Waals surface area (Å²) in [7, 11) is 0. The molecule has 3 aliphatic rings. The van der Waals surface area contributed by atoms with Gasteiger partial charge in [-0.25, -0.2) is 15.0 Å². The Balaban J connectivity index is 1.31. The van der Waals surface area contributed by atoms with Crippen LogP contribution in [0.2, 0.25) is 0 Å². The molecule has 8 rings (SSSR count). The fourth-order valence-electron chi connectivity index (χ4n) is 5.97. The minimum Gasteiger partial charge on any atom is -0.374 e. The van der Waals surface area contributed by atoms with E-state index < -0.39 is 0 Å². The number of nitrogens with one attached hydrogen (secondary N) is 1. The summed E-state index contributed by atoms with van der Waals surface area (Å²) >= 11 is 3.40. The van der Waals surface area contributed by atoms with Crippen LogP contribution < -0.4 is 5.32 Å². The number of aryl methyl sites for hydroxylation is 1. The summed E-state index contributed by atoms with van der Waals surface area (Å²) in [6, 6.07) is 15.0. The first-order chi connectivity index (χ1) is 18.9. The summed E-state index contributed by atoms with van der Waals surface area (Å²) in [6.07, 6.45) is 14.3. The van der Waals surface area contributed by atoms with Crippen LogP contribution in [0.1, 0.15) is 30.8 Å². The smallest absolute Gasteiger partial charge is 0.155 e. The molecule has 0 fully saturated rings. The van der Waals surface area contributed by atoms with E-state index in [0.717, 1.165) is 53.5 Å². The normalized spacial score (nSPS) is 19.7. The lowest BCUT2D eigenvalue weighted by molar-refractivity contribution is 0.467. The SMILES string of the molecule is Cc1ccc2nc3ccccc3c(-c3nc4sc(C5=C6C=CC=CC6NC6=C5CC(C)(C)C=C6)nc4s3)c2c1. The molecule has 0 amide bonds. The molecule has 1 N–H and O–H groups in total. The Morgan fingerprint density at radius 2 is 1.67 bits per heavy atom. The zero-order valence-corrected chi connectivity index (χ0v) is 23.6. The Morgan fingerprint density at radius 1 is 0.872 bits per heavy atom. The molecule has 2 aromatic carbocycles. The highest BCUT2D eigenvalue weighted by Gasteiger charge is 2.34. The minimum atomic E-state index is 0.106. The first-order valence-corrected chi connectivity index (χ1v) is 14.9. The molecule has 0 spiro atoms.